The smallest absolute Gasteiger partial charge is 0.246 e. The molecule has 2 aromatic rings. The second-order valence-electron chi connectivity index (χ2n) is 4.08. The van der Waals surface area contributed by atoms with Gasteiger partial charge in [0.25, 0.3) is 0 Å². The van der Waals surface area contributed by atoms with Crippen LogP contribution in [0, 0.1) is 6.92 Å². The van der Waals surface area contributed by atoms with Gasteiger partial charge in [0.1, 0.15) is 0 Å². The topological polar surface area (TPSA) is 119 Å². The van der Waals surface area contributed by atoms with Gasteiger partial charge in [-0.2, -0.15) is 19.9 Å². The van der Waals surface area contributed by atoms with Crippen LogP contribution in [0.15, 0.2) is 4.52 Å². The lowest BCUT2D eigenvalue weighted by molar-refractivity contribution is 0.379. The lowest BCUT2D eigenvalue weighted by Gasteiger charge is -2.18. The highest BCUT2D eigenvalue weighted by atomic mass is 16.5. The number of nitrogen functional groups attached to an aromatic ring is 1. The molecule has 0 aliphatic heterocycles. The highest BCUT2D eigenvalue weighted by Crippen LogP contribution is 2.12. The van der Waals surface area contributed by atoms with E-state index in [9.17, 15) is 0 Å². The summed E-state index contributed by atoms with van der Waals surface area (Å²) in [4.78, 5) is 18.6. The van der Waals surface area contributed by atoms with Crippen LogP contribution in [-0.2, 0) is 6.54 Å². The number of hydrogen-bond donors (Lipinski definition) is 2. The first-order valence-corrected chi connectivity index (χ1v) is 6.42. The van der Waals surface area contributed by atoms with Crippen molar-refractivity contribution in [3.05, 3.63) is 11.7 Å². The molecule has 0 aromatic carbocycles. The number of nitrogens with two attached hydrogens (primary N) is 1. The zero-order valence-corrected chi connectivity index (χ0v) is 11.8. The van der Waals surface area contributed by atoms with Crippen LogP contribution in [0.2, 0.25) is 0 Å². The fourth-order valence-corrected chi connectivity index (χ4v) is 1.67. The van der Waals surface area contributed by atoms with Crippen LogP contribution in [0.4, 0.5) is 17.8 Å². The maximum Gasteiger partial charge on any atom is 0.246 e. The lowest BCUT2D eigenvalue weighted by atomic mass is 10.5. The summed E-state index contributed by atoms with van der Waals surface area (Å²) in [5.41, 5.74) is 5.70. The summed E-state index contributed by atoms with van der Waals surface area (Å²) in [5, 5.41) is 6.70. The molecule has 0 saturated heterocycles. The number of anilines is 3. The minimum absolute atomic E-state index is 0.172. The van der Waals surface area contributed by atoms with Crippen LogP contribution >= 0.6 is 0 Å². The molecule has 2 rings (SSSR count). The molecule has 0 fully saturated rings. The molecule has 0 aliphatic rings. The van der Waals surface area contributed by atoms with E-state index in [0.717, 1.165) is 13.1 Å². The number of nitrogens with one attached hydrogen (secondary N) is 1. The summed E-state index contributed by atoms with van der Waals surface area (Å²) in [6, 6.07) is 0. The predicted molar refractivity (Wildman–Crippen MR) is 74.2 cm³/mol. The number of aromatic nitrogens is 5. The highest BCUT2D eigenvalue weighted by molar-refractivity contribution is 5.41. The van der Waals surface area contributed by atoms with Gasteiger partial charge in [0.2, 0.25) is 23.7 Å². The Labute approximate surface area is 116 Å². The Morgan fingerprint density at radius 2 is 1.90 bits per heavy atom. The van der Waals surface area contributed by atoms with E-state index >= 15 is 0 Å². The van der Waals surface area contributed by atoms with Crippen LogP contribution in [-0.4, -0.2) is 38.2 Å². The van der Waals surface area contributed by atoms with E-state index in [1.165, 1.54) is 0 Å². The third kappa shape index (κ3) is 3.31. The SMILES string of the molecule is CCN(CC)c1nc(N)nc(NCc2nc(C)no2)n1. The molecule has 0 saturated carbocycles. The Morgan fingerprint density at radius 3 is 2.50 bits per heavy atom. The zero-order valence-electron chi connectivity index (χ0n) is 11.8. The first-order valence-electron chi connectivity index (χ1n) is 6.42. The van der Waals surface area contributed by atoms with E-state index in [1.807, 2.05) is 18.7 Å². The van der Waals surface area contributed by atoms with Crippen LogP contribution in [0.25, 0.3) is 0 Å². The molecule has 20 heavy (non-hydrogen) atoms. The summed E-state index contributed by atoms with van der Waals surface area (Å²) in [6.45, 7) is 7.73. The molecule has 2 heterocycles. The van der Waals surface area contributed by atoms with Gasteiger partial charge in [-0.1, -0.05) is 5.16 Å². The van der Waals surface area contributed by atoms with Crippen molar-refractivity contribution in [1.82, 2.24) is 25.1 Å². The van der Waals surface area contributed by atoms with Crippen molar-refractivity contribution >= 4 is 17.8 Å². The Bertz CT molecular complexity index is 565. The van der Waals surface area contributed by atoms with Gasteiger partial charge < -0.3 is 20.5 Å². The Hall–Kier alpha value is -2.45. The van der Waals surface area contributed by atoms with Crippen LogP contribution in [0.3, 0.4) is 0 Å². The van der Waals surface area contributed by atoms with E-state index in [2.05, 4.69) is 30.4 Å². The predicted octanol–water partition coefficient (Wildman–Crippen LogP) is 0.604. The third-order valence-corrected chi connectivity index (χ3v) is 2.65. The quantitative estimate of drug-likeness (QED) is 0.782. The second kappa shape index (κ2) is 6.13. The summed E-state index contributed by atoms with van der Waals surface area (Å²) in [5.74, 6) is 2.15. The maximum atomic E-state index is 5.70. The summed E-state index contributed by atoms with van der Waals surface area (Å²) >= 11 is 0. The van der Waals surface area contributed by atoms with Crippen molar-refractivity contribution in [1.29, 1.82) is 0 Å². The van der Waals surface area contributed by atoms with Gasteiger partial charge in [0, 0.05) is 13.1 Å². The fourth-order valence-electron chi connectivity index (χ4n) is 1.67. The molecule has 0 radical (unpaired) electrons. The van der Waals surface area contributed by atoms with Crippen molar-refractivity contribution < 1.29 is 4.52 Å². The number of rotatable bonds is 6. The fraction of sp³-hybridized carbons (Fsp3) is 0.545. The standard InChI is InChI=1S/C11H18N8O/c1-4-19(5-2)11-16-9(12)15-10(17-11)13-6-8-14-7(3)18-20-8/h4-6H2,1-3H3,(H3,12,13,15,16,17). The van der Waals surface area contributed by atoms with Crippen molar-refractivity contribution in [3.63, 3.8) is 0 Å². The number of nitrogens with zero attached hydrogens (tertiary/aromatic N) is 6. The van der Waals surface area contributed by atoms with Gasteiger partial charge in [-0.15, -0.1) is 0 Å². The second-order valence-corrected chi connectivity index (χ2v) is 4.08. The molecule has 0 aliphatic carbocycles. The summed E-state index contributed by atoms with van der Waals surface area (Å²) in [7, 11) is 0. The Morgan fingerprint density at radius 1 is 1.15 bits per heavy atom. The normalized spacial score (nSPS) is 10.6. The molecule has 0 spiro atoms. The summed E-state index contributed by atoms with van der Waals surface area (Å²) in [6.07, 6.45) is 0. The molecule has 0 atom stereocenters. The molecule has 3 N–H and O–H groups in total. The molecule has 2 aromatic heterocycles. The van der Waals surface area contributed by atoms with Gasteiger partial charge in [-0.05, 0) is 20.8 Å². The van der Waals surface area contributed by atoms with E-state index in [0.29, 0.717) is 30.2 Å². The first-order chi connectivity index (χ1) is 9.62. The van der Waals surface area contributed by atoms with Gasteiger partial charge in [0.05, 0.1) is 6.54 Å². The van der Waals surface area contributed by atoms with Gasteiger partial charge in [-0.3, -0.25) is 0 Å². The molecule has 0 unspecified atom stereocenters. The van der Waals surface area contributed by atoms with Crippen LogP contribution in [0.1, 0.15) is 25.6 Å². The van der Waals surface area contributed by atoms with E-state index < -0.39 is 0 Å². The third-order valence-electron chi connectivity index (χ3n) is 2.65. The molecule has 0 bridgehead atoms. The largest absolute Gasteiger partial charge is 0.368 e. The highest BCUT2D eigenvalue weighted by Gasteiger charge is 2.10. The van der Waals surface area contributed by atoms with Crippen molar-refractivity contribution in [2.24, 2.45) is 0 Å². The van der Waals surface area contributed by atoms with E-state index in [-0.39, 0.29) is 5.95 Å². The van der Waals surface area contributed by atoms with Crippen LogP contribution in [0.5, 0.6) is 0 Å². The average Bonchev–Trinajstić information content (AvgIpc) is 2.83. The Balaban J connectivity index is 2.11. The Kier molecular flexibility index (Phi) is 4.28. The molecule has 108 valence electrons. The van der Waals surface area contributed by atoms with Gasteiger partial charge in [0.15, 0.2) is 5.82 Å². The van der Waals surface area contributed by atoms with Crippen LogP contribution < -0.4 is 16.0 Å². The molecule has 9 heteroatoms. The van der Waals surface area contributed by atoms with E-state index in [4.69, 9.17) is 10.3 Å². The first kappa shape index (κ1) is 14.0. The molecule has 0 amide bonds. The van der Waals surface area contributed by atoms with Gasteiger partial charge >= 0.3 is 0 Å². The monoisotopic (exact) mass is 278 g/mol. The molecular formula is C11H18N8O. The molecule has 9 nitrogen and oxygen atoms in total. The van der Waals surface area contributed by atoms with Crippen molar-refractivity contribution in [3.8, 4) is 0 Å². The molecular weight excluding hydrogens is 260 g/mol. The van der Waals surface area contributed by atoms with Crippen molar-refractivity contribution in [2.75, 3.05) is 29.0 Å². The average molecular weight is 278 g/mol. The van der Waals surface area contributed by atoms with Gasteiger partial charge in [-0.25, -0.2) is 0 Å². The lowest BCUT2D eigenvalue weighted by Crippen LogP contribution is -2.25. The minimum Gasteiger partial charge on any atom is -0.368 e. The number of aryl methyl sites for hydroxylation is 1. The summed E-state index contributed by atoms with van der Waals surface area (Å²) < 4.78 is 5.00. The van der Waals surface area contributed by atoms with E-state index in [1.54, 1.807) is 6.92 Å². The minimum atomic E-state index is 0.172. The van der Waals surface area contributed by atoms with Crippen molar-refractivity contribution in [2.45, 2.75) is 27.3 Å². The maximum absolute atomic E-state index is 5.70. The number of hydrogen-bond acceptors (Lipinski definition) is 9. The zero-order chi connectivity index (χ0) is 14.5.